The summed E-state index contributed by atoms with van der Waals surface area (Å²) < 4.78 is 34.0. The van der Waals surface area contributed by atoms with E-state index in [0.717, 1.165) is 16.5 Å². The first-order chi connectivity index (χ1) is 13.3. The zero-order valence-electron chi connectivity index (χ0n) is 15.1. The second-order valence-electron chi connectivity index (χ2n) is 6.54. The van der Waals surface area contributed by atoms with Gasteiger partial charge in [-0.3, -0.25) is 9.36 Å². The van der Waals surface area contributed by atoms with Crippen molar-refractivity contribution in [3.8, 4) is 0 Å². The van der Waals surface area contributed by atoms with Gasteiger partial charge in [0.25, 0.3) is 5.56 Å². The minimum absolute atomic E-state index is 0.0533. The lowest BCUT2D eigenvalue weighted by molar-refractivity contribution is 0.527. The number of rotatable bonds is 4. The topological polar surface area (TPSA) is 114 Å². The first-order valence-electron chi connectivity index (χ1n) is 8.47. The maximum Gasteiger partial charge on any atom is 0.419 e. The molecule has 144 valence electrons. The van der Waals surface area contributed by atoms with Crippen LogP contribution in [0.4, 0.5) is 0 Å². The molecule has 8 nitrogen and oxygen atoms in total. The molecule has 4 aromatic rings. The lowest BCUT2D eigenvalue weighted by Crippen LogP contribution is -2.27. The van der Waals surface area contributed by atoms with Crippen molar-refractivity contribution in [3.05, 3.63) is 74.5 Å². The van der Waals surface area contributed by atoms with E-state index >= 15 is 0 Å². The summed E-state index contributed by atoms with van der Waals surface area (Å²) in [7, 11) is -2.37. The van der Waals surface area contributed by atoms with Gasteiger partial charge in [0.2, 0.25) is 10.0 Å². The average Bonchev–Trinajstić information content (AvgIpc) is 2.94. The smallest absolute Gasteiger partial charge is 0.408 e. The first-order valence-corrected chi connectivity index (χ1v) is 9.95. The largest absolute Gasteiger partial charge is 0.419 e. The van der Waals surface area contributed by atoms with Crippen LogP contribution in [0.1, 0.15) is 11.1 Å². The van der Waals surface area contributed by atoms with Crippen LogP contribution in [0.15, 0.2) is 61.4 Å². The minimum Gasteiger partial charge on any atom is -0.408 e. The van der Waals surface area contributed by atoms with Gasteiger partial charge in [0, 0.05) is 25.2 Å². The van der Waals surface area contributed by atoms with Crippen molar-refractivity contribution in [3.63, 3.8) is 0 Å². The van der Waals surface area contributed by atoms with Gasteiger partial charge in [0.05, 0.1) is 15.9 Å². The number of aryl methyl sites for hydroxylation is 2. The van der Waals surface area contributed by atoms with Gasteiger partial charge in [-0.2, -0.15) is 0 Å². The molecule has 0 atom stereocenters. The maximum absolute atomic E-state index is 12.6. The van der Waals surface area contributed by atoms with Crippen molar-refractivity contribution in [1.82, 2.24) is 14.3 Å². The third-order valence-corrected chi connectivity index (χ3v) is 6.09. The predicted molar refractivity (Wildman–Crippen MR) is 105 cm³/mol. The number of hydrogen-bond acceptors (Lipinski definition) is 5. The summed E-state index contributed by atoms with van der Waals surface area (Å²) in [6.07, 6.45) is 0. The van der Waals surface area contributed by atoms with Crippen molar-refractivity contribution >= 4 is 32.0 Å². The molecule has 9 heteroatoms. The minimum atomic E-state index is -3.91. The summed E-state index contributed by atoms with van der Waals surface area (Å²) in [5.41, 5.74) is 2.27. The molecule has 4 rings (SSSR count). The number of H-pyrrole nitrogens is 1. The summed E-state index contributed by atoms with van der Waals surface area (Å²) in [6, 6.07) is 11.4. The molecule has 2 aromatic heterocycles. The highest BCUT2D eigenvalue weighted by Crippen LogP contribution is 2.19. The highest BCUT2D eigenvalue weighted by atomic mass is 32.2. The van der Waals surface area contributed by atoms with Crippen LogP contribution in [0, 0.1) is 6.92 Å². The van der Waals surface area contributed by atoms with E-state index in [9.17, 15) is 18.0 Å². The zero-order valence-corrected chi connectivity index (χ0v) is 16.0. The van der Waals surface area contributed by atoms with Crippen molar-refractivity contribution in [2.75, 3.05) is 0 Å². The van der Waals surface area contributed by atoms with Gasteiger partial charge in [0.15, 0.2) is 5.58 Å². The number of hydrogen-bond donors (Lipinski definition) is 2. The molecule has 0 fully saturated rings. The van der Waals surface area contributed by atoms with Gasteiger partial charge in [-0.25, -0.2) is 17.9 Å². The van der Waals surface area contributed by atoms with Gasteiger partial charge in [0.1, 0.15) is 0 Å². The van der Waals surface area contributed by atoms with Gasteiger partial charge >= 0.3 is 5.76 Å². The lowest BCUT2D eigenvalue weighted by atomic mass is 10.1. The van der Waals surface area contributed by atoms with Crippen molar-refractivity contribution < 1.29 is 12.8 Å². The molecule has 2 heterocycles. The number of pyridine rings is 1. The van der Waals surface area contributed by atoms with Crippen LogP contribution < -0.4 is 16.0 Å². The van der Waals surface area contributed by atoms with E-state index in [-0.39, 0.29) is 22.6 Å². The quantitative estimate of drug-likeness (QED) is 0.543. The number of fused-ring (bicyclic) bond motifs is 2. The Kier molecular flexibility index (Phi) is 4.20. The molecule has 28 heavy (non-hydrogen) atoms. The van der Waals surface area contributed by atoms with E-state index in [1.54, 1.807) is 6.07 Å². The van der Waals surface area contributed by atoms with Crippen LogP contribution in [0.25, 0.3) is 22.0 Å². The number of oxazole rings is 1. The standard InChI is InChI=1S/C19H17N3O5S/c1-11-4-3-5-12-8-13(18(23)21-17(11)12)10-20-28(25,26)14-6-7-15-16(9-14)27-19(24)22(15)2/h3-9,20H,10H2,1-2H3,(H,21,23). The van der Waals surface area contributed by atoms with Crippen LogP contribution in [0.5, 0.6) is 0 Å². The summed E-state index contributed by atoms with van der Waals surface area (Å²) in [5, 5.41) is 0.821. The van der Waals surface area contributed by atoms with Crippen LogP contribution in [0.2, 0.25) is 0 Å². The van der Waals surface area contributed by atoms with Gasteiger partial charge < -0.3 is 9.40 Å². The number of nitrogens with one attached hydrogen (secondary N) is 2. The zero-order chi connectivity index (χ0) is 20.1. The Morgan fingerprint density at radius 2 is 1.93 bits per heavy atom. The Bertz CT molecular complexity index is 1440. The highest BCUT2D eigenvalue weighted by Gasteiger charge is 2.17. The highest BCUT2D eigenvalue weighted by molar-refractivity contribution is 7.89. The Morgan fingerprint density at radius 1 is 1.14 bits per heavy atom. The number of sulfonamides is 1. The molecule has 0 unspecified atom stereocenters. The monoisotopic (exact) mass is 399 g/mol. The van der Waals surface area contributed by atoms with Crippen LogP contribution in [-0.4, -0.2) is 18.0 Å². The number of aromatic amines is 1. The third-order valence-electron chi connectivity index (χ3n) is 4.69. The number of aromatic nitrogens is 2. The Hall–Kier alpha value is -3.17. The fraction of sp³-hybridized carbons (Fsp3) is 0.158. The lowest BCUT2D eigenvalue weighted by Gasteiger charge is -2.08. The molecule has 0 amide bonds. The fourth-order valence-corrected chi connectivity index (χ4v) is 4.12. The molecule has 0 aliphatic carbocycles. The van der Waals surface area contributed by atoms with E-state index in [2.05, 4.69) is 9.71 Å². The second-order valence-corrected chi connectivity index (χ2v) is 8.31. The van der Waals surface area contributed by atoms with E-state index in [1.807, 2.05) is 25.1 Å². The number of benzene rings is 2. The third kappa shape index (κ3) is 3.04. The molecule has 0 radical (unpaired) electrons. The first kappa shape index (κ1) is 18.2. The Balaban J connectivity index is 1.65. The molecular formula is C19H17N3O5S. The molecule has 0 aliphatic heterocycles. The number of para-hydroxylation sites is 1. The van der Waals surface area contributed by atoms with E-state index < -0.39 is 15.8 Å². The Morgan fingerprint density at radius 3 is 2.71 bits per heavy atom. The van der Waals surface area contributed by atoms with Crippen molar-refractivity contribution in [2.24, 2.45) is 7.05 Å². The second kappa shape index (κ2) is 6.47. The summed E-state index contributed by atoms with van der Waals surface area (Å²) in [4.78, 5) is 26.6. The molecule has 0 bridgehead atoms. The van der Waals surface area contributed by atoms with Crippen LogP contribution in [-0.2, 0) is 23.6 Å². The van der Waals surface area contributed by atoms with Crippen molar-refractivity contribution in [1.29, 1.82) is 0 Å². The van der Waals surface area contributed by atoms with E-state index in [0.29, 0.717) is 11.1 Å². The van der Waals surface area contributed by atoms with Crippen LogP contribution >= 0.6 is 0 Å². The van der Waals surface area contributed by atoms with Gasteiger partial charge in [-0.05, 0) is 36.1 Å². The summed E-state index contributed by atoms with van der Waals surface area (Å²) >= 11 is 0. The molecule has 2 N–H and O–H groups in total. The molecule has 0 aliphatic rings. The normalized spacial score (nSPS) is 12.1. The van der Waals surface area contributed by atoms with Crippen molar-refractivity contribution in [2.45, 2.75) is 18.4 Å². The van der Waals surface area contributed by atoms with E-state index in [4.69, 9.17) is 4.42 Å². The molecule has 0 spiro atoms. The molecule has 0 saturated heterocycles. The SMILES string of the molecule is Cc1cccc2cc(CNS(=O)(=O)c3ccc4c(c3)oc(=O)n4C)c(=O)[nH]c12. The summed E-state index contributed by atoms with van der Waals surface area (Å²) in [5.74, 6) is -0.574. The molecule has 0 saturated carbocycles. The van der Waals surface area contributed by atoms with Gasteiger partial charge in [-0.15, -0.1) is 0 Å². The maximum atomic E-state index is 12.6. The predicted octanol–water partition coefficient (Wildman–Crippen LogP) is 1.76. The number of nitrogens with zero attached hydrogens (tertiary/aromatic N) is 1. The average molecular weight is 399 g/mol. The van der Waals surface area contributed by atoms with Gasteiger partial charge in [-0.1, -0.05) is 18.2 Å². The Labute approximate surface area is 159 Å². The van der Waals surface area contributed by atoms with E-state index in [1.165, 1.54) is 29.8 Å². The van der Waals surface area contributed by atoms with Crippen LogP contribution in [0.3, 0.4) is 0 Å². The summed E-state index contributed by atoms with van der Waals surface area (Å²) in [6.45, 7) is 1.72. The molecule has 2 aromatic carbocycles. The molecular weight excluding hydrogens is 382 g/mol. The fourth-order valence-electron chi connectivity index (χ4n) is 3.10.